The van der Waals surface area contributed by atoms with E-state index in [0.29, 0.717) is 36.8 Å². The largest absolute Gasteiger partial charge is 0.490 e. The third-order valence-electron chi connectivity index (χ3n) is 2.95. The van der Waals surface area contributed by atoms with Crippen LogP contribution in [0.2, 0.25) is 0 Å². The van der Waals surface area contributed by atoms with Gasteiger partial charge < -0.3 is 20.9 Å². The lowest BCUT2D eigenvalue weighted by Gasteiger charge is -2.13. The average molecular weight is 378 g/mol. The van der Waals surface area contributed by atoms with E-state index in [0.717, 1.165) is 4.47 Å². The van der Waals surface area contributed by atoms with Crippen molar-refractivity contribution in [2.75, 3.05) is 31.3 Å². The van der Waals surface area contributed by atoms with E-state index in [1.54, 1.807) is 12.1 Å². The van der Waals surface area contributed by atoms with Gasteiger partial charge in [0.2, 0.25) is 5.95 Å². The van der Waals surface area contributed by atoms with Crippen LogP contribution in [0.15, 0.2) is 22.7 Å². The summed E-state index contributed by atoms with van der Waals surface area (Å²) in [5, 5.41) is 9.33. The molecule has 0 aliphatic carbocycles. The van der Waals surface area contributed by atoms with E-state index < -0.39 is 0 Å². The topological polar surface area (TPSA) is 120 Å². The molecule has 0 saturated carbocycles. The summed E-state index contributed by atoms with van der Waals surface area (Å²) in [4.78, 5) is 7.97. The van der Waals surface area contributed by atoms with Gasteiger partial charge in [0, 0.05) is 16.6 Å². The molecule has 0 amide bonds. The van der Waals surface area contributed by atoms with E-state index in [1.165, 1.54) is 0 Å². The maximum Gasteiger partial charge on any atom is 0.222 e. The van der Waals surface area contributed by atoms with Crippen molar-refractivity contribution in [3.05, 3.63) is 28.2 Å². The van der Waals surface area contributed by atoms with Gasteiger partial charge in [-0.3, -0.25) is 0 Å². The highest BCUT2D eigenvalue weighted by Crippen LogP contribution is 2.35. The van der Waals surface area contributed by atoms with Crippen molar-refractivity contribution >= 4 is 27.7 Å². The van der Waals surface area contributed by atoms with E-state index in [-0.39, 0.29) is 17.3 Å². The summed E-state index contributed by atoms with van der Waals surface area (Å²) in [5.74, 6) is 0.592. The SMILES string of the molecule is CCOCCOc1ccc(Br)cc1-c1nc(N)nc(N)c1C#N. The van der Waals surface area contributed by atoms with Gasteiger partial charge in [-0.15, -0.1) is 0 Å². The summed E-state index contributed by atoms with van der Waals surface area (Å²) >= 11 is 3.40. The van der Waals surface area contributed by atoms with Gasteiger partial charge in [-0.1, -0.05) is 15.9 Å². The number of benzene rings is 1. The van der Waals surface area contributed by atoms with Gasteiger partial charge in [-0.2, -0.15) is 10.2 Å². The van der Waals surface area contributed by atoms with Crippen molar-refractivity contribution in [1.82, 2.24) is 9.97 Å². The highest BCUT2D eigenvalue weighted by atomic mass is 79.9. The molecule has 1 aromatic heterocycles. The molecule has 120 valence electrons. The van der Waals surface area contributed by atoms with Crippen LogP contribution >= 0.6 is 15.9 Å². The number of nitrogens with zero attached hydrogens (tertiary/aromatic N) is 3. The molecule has 0 bridgehead atoms. The summed E-state index contributed by atoms with van der Waals surface area (Å²) in [5.41, 5.74) is 12.5. The number of hydrogen-bond donors (Lipinski definition) is 2. The lowest BCUT2D eigenvalue weighted by molar-refractivity contribution is 0.110. The third kappa shape index (κ3) is 4.09. The lowest BCUT2D eigenvalue weighted by Crippen LogP contribution is -2.08. The number of rotatable bonds is 6. The van der Waals surface area contributed by atoms with Crippen LogP contribution in [-0.4, -0.2) is 29.8 Å². The van der Waals surface area contributed by atoms with Gasteiger partial charge in [0.1, 0.15) is 29.8 Å². The van der Waals surface area contributed by atoms with Crippen molar-refractivity contribution in [1.29, 1.82) is 5.26 Å². The number of anilines is 2. The first kappa shape index (κ1) is 17.0. The number of halogens is 1. The third-order valence-corrected chi connectivity index (χ3v) is 3.45. The first-order valence-electron chi connectivity index (χ1n) is 6.90. The van der Waals surface area contributed by atoms with Crippen LogP contribution < -0.4 is 16.2 Å². The number of nitrogens with two attached hydrogens (primary N) is 2. The van der Waals surface area contributed by atoms with Crippen LogP contribution in [0.3, 0.4) is 0 Å². The van der Waals surface area contributed by atoms with Crippen LogP contribution in [0.4, 0.5) is 11.8 Å². The molecule has 2 aromatic rings. The van der Waals surface area contributed by atoms with Crippen LogP contribution in [0.1, 0.15) is 12.5 Å². The minimum atomic E-state index is -0.00302. The maximum atomic E-state index is 9.33. The van der Waals surface area contributed by atoms with Gasteiger partial charge in [0.05, 0.1) is 12.3 Å². The molecule has 7 nitrogen and oxygen atoms in total. The normalized spacial score (nSPS) is 10.3. The van der Waals surface area contributed by atoms with Crippen molar-refractivity contribution in [2.45, 2.75) is 6.92 Å². The number of nitrogen functional groups attached to an aromatic ring is 2. The fourth-order valence-corrected chi connectivity index (χ4v) is 2.33. The minimum Gasteiger partial charge on any atom is -0.490 e. The molecule has 0 spiro atoms. The molecule has 0 radical (unpaired) electrons. The molecular weight excluding hydrogens is 362 g/mol. The molecule has 2 rings (SSSR count). The van der Waals surface area contributed by atoms with Crippen molar-refractivity contribution in [2.24, 2.45) is 0 Å². The Balaban J connectivity index is 2.46. The van der Waals surface area contributed by atoms with Crippen molar-refractivity contribution < 1.29 is 9.47 Å². The molecule has 23 heavy (non-hydrogen) atoms. The highest BCUT2D eigenvalue weighted by Gasteiger charge is 2.17. The van der Waals surface area contributed by atoms with Crippen LogP contribution in [0, 0.1) is 11.3 Å². The molecule has 0 saturated heterocycles. The predicted molar refractivity (Wildman–Crippen MR) is 90.7 cm³/mol. The zero-order chi connectivity index (χ0) is 16.8. The summed E-state index contributed by atoms with van der Waals surface area (Å²) in [6.07, 6.45) is 0. The first-order chi connectivity index (χ1) is 11.1. The summed E-state index contributed by atoms with van der Waals surface area (Å²) in [7, 11) is 0. The predicted octanol–water partition coefficient (Wildman–Crippen LogP) is 2.36. The van der Waals surface area contributed by atoms with E-state index in [9.17, 15) is 5.26 Å². The Morgan fingerprint density at radius 3 is 2.74 bits per heavy atom. The maximum absolute atomic E-state index is 9.33. The summed E-state index contributed by atoms with van der Waals surface area (Å²) in [6.45, 7) is 3.37. The minimum absolute atomic E-state index is 0.00302. The Bertz CT molecular complexity index is 745. The zero-order valence-corrected chi connectivity index (χ0v) is 14.1. The fourth-order valence-electron chi connectivity index (χ4n) is 1.97. The quantitative estimate of drug-likeness (QED) is 0.741. The fraction of sp³-hybridized carbons (Fsp3) is 0.267. The van der Waals surface area contributed by atoms with E-state index in [2.05, 4.69) is 25.9 Å². The Morgan fingerprint density at radius 2 is 2.04 bits per heavy atom. The molecule has 0 fully saturated rings. The van der Waals surface area contributed by atoms with Gasteiger partial charge in [0.25, 0.3) is 0 Å². The monoisotopic (exact) mass is 377 g/mol. The van der Waals surface area contributed by atoms with E-state index in [4.69, 9.17) is 20.9 Å². The molecule has 0 aliphatic heterocycles. The average Bonchev–Trinajstić information content (AvgIpc) is 2.52. The zero-order valence-electron chi connectivity index (χ0n) is 12.5. The van der Waals surface area contributed by atoms with Gasteiger partial charge in [-0.05, 0) is 25.1 Å². The number of ether oxygens (including phenoxy) is 2. The first-order valence-corrected chi connectivity index (χ1v) is 7.69. The van der Waals surface area contributed by atoms with E-state index >= 15 is 0 Å². The van der Waals surface area contributed by atoms with Crippen LogP contribution in [-0.2, 0) is 4.74 Å². The Kier molecular flexibility index (Phi) is 5.73. The molecule has 1 aromatic carbocycles. The molecule has 4 N–H and O–H groups in total. The summed E-state index contributed by atoms with van der Waals surface area (Å²) in [6, 6.07) is 7.41. The van der Waals surface area contributed by atoms with Crippen LogP contribution in [0.25, 0.3) is 11.3 Å². The molecular formula is C15H16BrN5O2. The van der Waals surface area contributed by atoms with Crippen molar-refractivity contribution in [3.63, 3.8) is 0 Å². The summed E-state index contributed by atoms with van der Waals surface area (Å²) < 4.78 is 11.8. The Labute approximate surface area is 142 Å². The van der Waals surface area contributed by atoms with Gasteiger partial charge >= 0.3 is 0 Å². The van der Waals surface area contributed by atoms with Gasteiger partial charge in [-0.25, -0.2) is 4.98 Å². The highest BCUT2D eigenvalue weighted by molar-refractivity contribution is 9.10. The molecule has 1 heterocycles. The Hall–Kier alpha value is -2.37. The molecule has 0 unspecified atom stereocenters. The number of nitriles is 1. The molecule has 0 atom stereocenters. The smallest absolute Gasteiger partial charge is 0.222 e. The second kappa shape index (κ2) is 7.76. The lowest BCUT2D eigenvalue weighted by atomic mass is 10.1. The Morgan fingerprint density at radius 1 is 1.26 bits per heavy atom. The second-order valence-corrected chi connectivity index (χ2v) is 5.40. The second-order valence-electron chi connectivity index (χ2n) is 4.49. The number of aromatic nitrogens is 2. The standard InChI is InChI=1S/C15H16BrN5O2/c1-2-22-5-6-23-12-4-3-9(16)7-10(12)13-11(8-17)14(18)21-15(19)20-13/h3-4,7H,2,5-6H2,1H3,(H4,18,19,20,21). The number of hydrogen-bond acceptors (Lipinski definition) is 7. The van der Waals surface area contributed by atoms with E-state index in [1.807, 2.05) is 19.1 Å². The van der Waals surface area contributed by atoms with Crippen LogP contribution in [0.5, 0.6) is 5.75 Å². The molecule has 0 aliphatic rings. The van der Waals surface area contributed by atoms with Crippen molar-refractivity contribution in [3.8, 4) is 23.1 Å². The van der Waals surface area contributed by atoms with Gasteiger partial charge in [0.15, 0.2) is 0 Å². The molecule has 8 heteroatoms.